The molecule has 0 aliphatic heterocycles. The van der Waals surface area contributed by atoms with E-state index in [0.717, 1.165) is 0 Å². The molecule has 86 valence electrons. The SMILES string of the molecule is Oc1ccccc1O.Oc1ccccc1O.[Zn]. The van der Waals surface area contributed by atoms with Crippen molar-refractivity contribution in [1.29, 1.82) is 0 Å². The van der Waals surface area contributed by atoms with Crippen molar-refractivity contribution in [2.75, 3.05) is 0 Å². The largest absolute Gasteiger partial charge is 0.504 e. The first kappa shape index (κ1) is 15.3. The second-order valence-corrected chi connectivity index (χ2v) is 2.98. The Morgan fingerprint density at radius 2 is 0.647 bits per heavy atom. The van der Waals surface area contributed by atoms with Crippen LogP contribution in [0.25, 0.3) is 0 Å². The maximum Gasteiger partial charge on any atom is 0.157 e. The molecular weight excluding hydrogens is 274 g/mol. The molecule has 4 nitrogen and oxygen atoms in total. The number of phenolic OH excluding ortho intramolecular Hbond substituents is 4. The summed E-state index contributed by atoms with van der Waals surface area (Å²) in [4.78, 5) is 0. The molecular formula is C12H12O4Zn. The number of hydrogen-bond acceptors (Lipinski definition) is 4. The van der Waals surface area contributed by atoms with Crippen LogP contribution >= 0.6 is 0 Å². The summed E-state index contributed by atoms with van der Waals surface area (Å²) in [6.45, 7) is 0. The van der Waals surface area contributed by atoms with Crippen molar-refractivity contribution in [3.8, 4) is 23.0 Å². The molecule has 5 heteroatoms. The topological polar surface area (TPSA) is 80.9 Å². The third-order valence-corrected chi connectivity index (χ3v) is 1.76. The van der Waals surface area contributed by atoms with E-state index in [1.54, 1.807) is 24.3 Å². The minimum atomic E-state index is -0.0764. The molecule has 0 aliphatic carbocycles. The van der Waals surface area contributed by atoms with E-state index in [2.05, 4.69) is 0 Å². The van der Waals surface area contributed by atoms with E-state index in [9.17, 15) is 0 Å². The van der Waals surface area contributed by atoms with Crippen molar-refractivity contribution in [3.05, 3.63) is 48.5 Å². The first-order valence-corrected chi connectivity index (χ1v) is 4.55. The number of hydrogen-bond donors (Lipinski definition) is 4. The zero-order chi connectivity index (χ0) is 12.0. The fourth-order valence-corrected chi connectivity index (χ4v) is 0.928. The Morgan fingerprint density at radius 3 is 0.765 bits per heavy atom. The van der Waals surface area contributed by atoms with Gasteiger partial charge in [-0.05, 0) is 24.3 Å². The van der Waals surface area contributed by atoms with E-state index < -0.39 is 0 Å². The summed E-state index contributed by atoms with van der Waals surface area (Å²) < 4.78 is 0. The standard InChI is InChI=1S/2C6H6O2.Zn/c2*7-5-3-1-2-4-6(5)8;/h2*1-4,7-8H;. The predicted molar refractivity (Wildman–Crippen MR) is 59.5 cm³/mol. The van der Waals surface area contributed by atoms with Crippen LogP contribution in [-0.4, -0.2) is 20.4 Å². The molecule has 0 saturated heterocycles. The van der Waals surface area contributed by atoms with Crippen molar-refractivity contribution in [3.63, 3.8) is 0 Å². The molecule has 0 amide bonds. The molecule has 0 fully saturated rings. The van der Waals surface area contributed by atoms with E-state index in [1.807, 2.05) is 0 Å². The van der Waals surface area contributed by atoms with Crippen LogP contribution in [0.1, 0.15) is 0 Å². The second kappa shape index (κ2) is 7.52. The molecule has 0 saturated carbocycles. The summed E-state index contributed by atoms with van der Waals surface area (Å²) in [6, 6.07) is 12.3. The quantitative estimate of drug-likeness (QED) is 0.442. The zero-order valence-electron chi connectivity index (χ0n) is 9.11. The molecule has 0 heterocycles. The van der Waals surface area contributed by atoms with E-state index in [-0.39, 0.29) is 42.5 Å². The molecule has 0 aromatic heterocycles. The molecule has 0 unspecified atom stereocenters. The Morgan fingerprint density at radius 1 is 0.471 bits per heavy atom. The van der Waals surface area contributed by atoms with Gasteiger partial charge in [-0.3, -0.25) is 0 Å². The van der Waals surface area contributed by atoms with Crippen molar-refractivity contribution in [2.24, 2.45) is 0 Å². The molecule has 2 rings (SSSR count). The van der Waals surface area contributed by atoms with Crippen LogP contribution in [0, 0.1) is 0 Å². The van der Waals surface area contributed by atoms with Gasteiger partial charge in [0.05, 0.1) is 0 Å². The minimum absolute atomic E-state index is 0. The number of benzene rings is 2. The maximum atomic E-state index is 8.67. The van der Waals surface area contributed by atoms with Gasteiger partial charge in [-0.25, -0.2) is 0 Å². The first-order chi connectivity index (χ1) is 7.61. The number of rotatable bonds is 0. The Bertz CT molecular complexity index is 374. The molecule has 0 aliphatic rings. The van der Waals surface area contributed by atoms with Crippen LogP contribution in [0.2, 0.25) is 0 Å². The van der Waals surface area contributed by atoms with Crippen LogP contribution < -0.4 is 0 Å². The fraction of sp³-hybridized carbons (Fsp3) is 0. The van der Waals surface area contributed by atoms with Crippen LogP contribution in [0.15, 0.2) is 48.5 Å². The Kier molecular flexibility index (Phi) is 6.75. The molecule has 0 radical (unpaired) electrons. The molecule has 17 heavy (non-hydrogen) atoms. The predicted octanol–water partition coefficient (Wildman–Crippen LogP) is 2.19. The van der Waals surface area contributed by atoms with Gasteiger partial charge >= 0.3 is 0 Å². The van der Waals surface area contributed by atoms with Gasteiger partial charge in [0.15, 0.2) is 23.0 Å². The summed E-state index contributed by atoms with van der Waals surface area (Å²) in [7, 11) is 0. The summed E-state index contributed by atoms with van der Waals surface area (Å²) in [5.41, 5.74) is 0. The average Bonchev–Trinajstić information content (AvgIpc) is 2.28. The van der Waals surface area contributed by atoms with E-state index in [1.165, 1.54) is 24.3 Å². The third-order valence-electron chi connectivity index (χ3n) is 1.76. The maximum absolute atomic E-state index is 8.67. The Labute approximate surface area is 112 Å². The summed E-state index contributed by atoms with van der Waals surface area (Å²) in [6.07, 6.45) is 0. The van der Waals surface area contributed by atoms with Crippen LogP contribution in [-0.2, 0) is 19.5 Å². The molecule has 0 atom stereocenters. The molecule has 4 N–H and O–H groups in total. The number of para-hydroxylation sites is 4. The van der Waals surface area contributed by atoms with Gasteiger partial charge < -0.3 is 20.4 Å². The summed E-state index contributed by atoms with van der Waals surface area (Å²) >= 11 is 0. The normalized spacial score (nSPS) is 8.47. The van der Waals surface area contributed by atoms with E-state index in [0.29, 0.717) is 0 Å². The molecule has 2 aromatic carbocycles. The minimum Gasteiger partial charge on any atom is -0.504 e. The second-order valence-electron chi connectivity index (χ2n) is 2.98. The van der Waals surface area contributed by atoms with Crippen molar-refractivity contribution in [2.45, 2.75) is 0 Å². The van der Waals surface area contributed by atoms with Crippen molar-refractivity contribution in [1.82, 2.24) is 0 Å². The number of phenols is 4. The average molecular weight is 286 g/mol. The monoisotopic (exact) mass is 284 g/mol. The Balaban J connectivity index is 0.000000284. The van der Waals surface area contributed by atoms with Gasteiger partial charge in [0, 0.05) is 19.5 Å². The van der Waals surface area contributed by atoms with Crippen LogP contribution in [0.4, 0.5) is 0 Å². The Hall–Kier alpha value is -1.74. The molecule has 2 aromatic rings. The van der Waals surface area contributed by atoms with Crippen molar-refractivity contribution >= 4 is 0 Å². The summed E-state index contributed by atoms with van der Waals surface area (Å²) in [5.74, 6) is -0.306. The summed E-state index contributed by atoms with van der Waals surface area (Å²) in [5, 5.41) is 34.7. The van der Waals surface area contributed by atoms with Crippen molar-refractivity contribution < 1.29 is 39.9 Å². The van der Waals surface area contributed by atoms with E-state index in [4.69, 9.17) is 20.4 Å². The van der Waals surface area contributed by atoms with E-state index >= 15 is 0 Å². The van der Waals surface area contributed by atoms with Gasteiger partial charge in [0.1, 0.15) is 0 Å². The van der Waals surface area contributed by atoms with Gasteiger partial charge in [0.2, 0.25) is 0 Å². The fourth-order valence-electron chi connectivity index (χ4n) is 0.928. The van der Waals surface area contributed by atoms with Crippen LogP contribution in [0.3, 0.4) is 0 Å². The first-order valence-electron chi connectivity index (χ1n) is 4.55. The van der Waals surface area contributed by atoms with Crippen LogP contribution in [0.5, 0.6) is 23.0 Å². The molecule has 0 bridgehead atoms. The zero-order valence-corrected chi connectivity index (χ0v) is 12.1. The van der Waals surface area contributed by atoms with Gasteiger partial charge in [-0.1, -0.05) is 24.3 Å². The smallest absolute Gasteiger partial charge is 0.157 e. The van der Waals surface area contributed by atoms with Gasteiger partial charge in [-0.15, -0.1) is 0 Å². The van der Waals surface area contributed by atoms with Gasteiger partial charge in [0.25, 0.3) is 0 Å². The third kappa shape index (κ3) is 5.22. The molecule has 0 spiro atoms. The van der Waals surface area contributed by atoms with Gasteiger partial charge in [-0.2, -0.15) is 0 Å². The number of aromatic hydroxyl groups is 4.